The van der Waals surface area contributed by atoms with Crippen LogP contribution in [0.4, 0.5) is 0 Å². The van der Waals surface area contributed by atoms with Crippen molar-refractivity contribution in [2.75, 3.05) is 12.3 Å². The molecule has 0 heterocycles. The molecule has 0 atom stereocenters. The van der Waals surface area contributed by atoms with Crippen molar-refractivity contribution in [2.45, 2.75) is 38.0 Å². The molecule has 1 amide bonds. The zero-order valence-corrected chi connectivity index (χ0v) is 11.6. The number of carbonyl (C=O) groups is 1. The monoisotopic (exact) mass is 251 g/mol. The Morgan fingerprint density at radius 2 is 1.94 bits per heavy atom. The zero-order valence-electron chi connectivity index (χ0n) is 10.8. The Hall–Kier alpha value is -0.960. The lowest BCUT2D eigenvalue weighted by molar-refractivity contribution is -0.118. The van der Waals surface area contributed by atoms with E-state index in [0.717, 1.165) is 17.9 Å². The van der Waals surface area contributed by atoms with Gasteiger partial charge in [0, 0.05) is 11.4 Å². The van der Waals surface area contributed by atoms with Crippen LogP contribution in [0.3, 0.4) is 0 Å². The maximum Gasteiger partial charge on any atom is 0.230 e. The average molecular weight is 251 g/mol. The van der Waals surface area contributed by atoms with Crippen LogP contribution in [0.25, 0.3) is 0 Å². The summed E-state index contributed by atoms with van der Waals surface area (Å²) in [5.74, 6) is 1.17. The second-order valence-electron chi connectivity index (χ2n) is 4.36. The van der Waals surface area contributed by atoms with Gasteiger partial charge in [0.1, 0.15) is 0 Å². The molecule has 2 nitrogen and oxygen atoms in total. The van der Waals surface area contributed by atoms with Gasteiger partial charge >= 0.3 is 0 Å². The molecule has 0 radical (unpaired) electrons. The van der Waals surface area contributed by atoms with Gasteiger partial charge in [-0.2, -0.15) is 0 Å². The van der Waals surface area contributed by atoms with Crippen LogP contribution >= 0.6 is 11.8 Å². The Morgan fingerprint density at radius 3 is 2.47 bits per heavy atom. The van der Waals surface area contributed by atoms with E-state index < -0.39 is 0 Å². The highest BCUT2D eigenvalue weighted by atomic mass is 32.2. The molecule has 0 spiro atoms. The van der Waals surface area contributed by atoms with Gasteiger partial charge in [-0.1, -0.05) is 32.9 Å². The van der Waals surface area contributed by atoms with Crippen LogP contribution in [-0.4, -0.2) is 18.2 Å². The second-order valence-corrected chi connectivity index (χ2v) is 5.41. The molecule has 0 aliphatic carbocycles. The Bertz CT molecular complexity index is 346. The molecule has 1 rings (SSSR count). The number of thioether (sulfide) groups is 1. The third kappa shape index (κ3) is 5.26. The van der Waals surface area contributed by atoms with E-state index in [4.69, 9.17) is 0 Å². The first kappa shape index (κ1) is 14.1. The Balaban J connectivity index is 2.39. The molecule has 0 aliphatic heterocycles. The van der Waals surface area contributed by atoms with Gasteiger partial charge in [0.25, 0.3) is 0 Å². The van der Waals surface area contributed by atoms with Crippen LogP contribution in [0.1, 0.15) is 38.7 Å². The Morgan fingerprint density at radius 1 is 1.29 bits per heavy atom. The molecule has 1 aromatic rings. The van der Waals surface area contributed by atoms with Crippen molar-refractivity contribution >= 4 is 17.7 Å². The van der Waals surface area contributed by atoms with Crippen LogP contribution < -0.4 is 5.32 Å². The molecule has 0 saturated carbocycles. The molecule has 1 N–H and O–H groups in total. The standard InChI is InChI=1S/C14H21NOS/c1-4-9-15-14(16)10-17-13-7-5-12(6-8-13)11(2)3/h5-8,11H,4,9-10H2,1-3H3,(H,15,16). The third-order valence-electron chi connectivity index (χ3n) is 2.49. The largest absolute Gasteiger partial charge is 0.355 e. The minimum absolute atomic E-state index is 0.116. The van der Waals surface area contributed by atoms with E-state index in [1.807, 2.05) is 0 Å². The quantitative estimate of drug-likeness (QED) is 0.785. The predicted molar refractivity (Wildman–Crippen MR) is 74.6 cm³/mol. The summed E-state index contributed by atoms with van der Waals surface area (Å²) in [5, 5.41) is 2.87. The lowest BCUT2D eigenvalue weighted by Crippen LogP contribution is -2.25. The molecule has 0 aliphatic rings. The Labute approximate surface area is 108 Å². The fraction of sp³-hybridized carbons (Fsp3) is 0.500. The minimum atomic E-state index is 0.116. The molecule has 0 saturated heterocycles. The van der Waals surface area contributed by atoms with Gasteiger partial charge in [-0.05, 0) is 30.0 Å². The minimum Gasteiger partial charge on any atom is -0.355 e. The van der Waals surface area contributed by atoms with Gasteiger partial charge in [-0.3, -0.25) is 4.79 Å². The third-order valence-corrected chi connectivity index (χ3v) is 3.50. The van der Waals surface area contributed by atoms with Crippen molar-refractivity contribution in [3.8, 4) is 0 Å². The summed E-state index contributed by atoms with van der Waals surface area (Å²) in [6, 6.07) is 8.45. The van der Waals surface area contributed by atoms with Crippen LogP contribution in [-0.2, 0) is 4.79 Å². The first-order valence-electron chi connectivity index (χ1n) is 6.13. The molecular weight excluding hydrogens is 230 g/mol. The molecule has 3 heteroatoms. The van der Waals surface area contributed by atoms with Gasteiger partial charge in [-0.15, -0.1) is 11.8 Å². The first-order valence-corrected chi connectivity index (χ1v) is 7.11. The van der Waals surface area contributed by atoms with Crippen molar-refractivity contribution in [3.63, 3.8) is 0 Å². The van der Waals surface area contributed by atoms with E-state index in [1.54, 1.807) is 11.8 Å². The average Bonchev–Trinajstić information content (AvgIpc) is 2.34. The van der Waals surface area contributed by atoms with Crippen molar-refractivity contribution in [1.82, 2.24) is 5.32 Å². The van der Waals surface area contributed by atoms with Gasteiger partial charge in [-0.25, -0.2) is 0 Å². The van der Waals surface area contributed by atoms with Crippen molar-refractivity contribution in [2.24, 2.45) is 0 Å². The van der Waals surface area contributed by atoms with Gasteiger partial charge in [0.15, 0.2) is 0 Å². The number of benzene rings is 1. The molecular formula is C14H21NOS. The molecule has 17 heavy (non-hydrogen) atoms. The topological polar surface area (TPSA) is 29.1 Å². The number of carbonyl (C=O) groups excluding carboxylic acids is 1. The Kier molecular flexibility index (Phi) is 6.12. The maximum atomic E-state index is 11.4. The highest BCUT2D eigenvalue weighted by Gasteiger charge is 2.03. The van der Waals surface area contributed by atoms with Crippen LogP contribution in [0.5, 0.6) is 0 Å². The summed E-state index contributed by atoms with van der Waals surface area (Å²) in [5.41, 5.74) is 1.34. The number of amides is 1. The van der Waals surface area contributed by atoms with Crippen molar-refractivity contribution < 1.29 is 4.79 Å². The molecule has 94 valence electrons. The zero-order chi connectivity index (χ0) is 12.7. The first-order chi connectivity index (χ1) is 8.13. The van der Waals surface area contributed by atoms with E-state index in [9.17, 15) is 4.79 Å². The van der Waals surface area contributed by atoms with Crippen LogP contribution in [0, 0.1) is 0 Å². The molecule has 0 fully saturated rings. The molecule has 0 bridgehead atoms. The SMILES string of the molecule is CCCNC(=O)CSc1ccc(C(C)C)cc1. The molecule has 1 aromatic carbocycles. The lowest BCUT2D eigenvalue weighted by Gasteiger charge is -2.07. The normalized spacial score (nSPS) is 10.6. The summed E-state index contributed by atoms with van der Waals surface area (Å²) in [4.78, 5) is 12.6. The summed E-state index contributed by atoms with van der Waals surface area (Å²) in [6.07, 6.45) is 0.986. The number of hydrogen-bond acceptors (Lipinski definition) is 2. The van der Waals surface area contributed by atoms with E-state index in [1.165, 1.54) is 5.56 Å². The number of nitrogens with one attached hydrogen (secondary N) is 1. The fourth-order valence-electron chi connectivity index (χ4n) is 1.41. The van der Waals surface area contributed by atoms with Gasteiger partial charge in [0.05, 0.1) is 5.75 Å². The predicted octanol–water partition coefficient (Wildman–Crippen LogP) is 3.43. The lowest BCUT2D eigenvalue weighted by atomic mass is 10.0. The highest BCUT2D eigenvalue weighted by Crippen LogP contribution is 2.21. The summed E-state index contributed by atoms with van der Waals surface area (Å²) in [7, 11) is 0. The molecule has 0 aromatic heterocycles. The fourth-order valence-corrected chi connectivity index (χ4v) is 2.14. The summed E-state index contributed by atoms with van der Waals surface area (Å²) < 4.78 is 0. The van der Waals surface area contributed by atoms with E-state index in [-0.39, 0.29) is 5.91 Å². The highest BCUT2D eigenvalue weighted by molar-refractivity contribution is 8.00. The van der Waals surface area contributed by atoms with Crippen LogP contribution in [0.15, 0.2) is 29.2 Å². The van der Waals surface area contributed by atoms with E-state index in [2.05, 4.69) is 50.4 Å². The van der Waals surface area contributed by atoms with Crippen molar-refractivity contribution in [1.29, 1.82) is 0 Å². The number of rotatable bonds is 6. The van der Waals surface area contributed by atoms with E-state index in [0.29, 0.717) is 11.7 Å². The smallest absolute Gasteiger partial charge is 0.230 e. The summed E-state index contributed by atoms with van der Waals surface area (Å²) >= 11 is 1.59. The molecule has 0 unspecified atom stereocenters. The van der Waals surface area contributed by atoms with Crippen molar-refractivity contribution in [3.05, 3.63) is 29.8 Å². The van der Waals surface area contributed by atoms with Crippen LogP contribution in [0.2, 0.25) is 0 Å². The van der Waals surface area contributed by atoms with Gasteiger partial charge < -0.3 is 5.32 Å². The van der Waals surface area contributed by atoms with E-state index >= 15 is 0 Å². The number of hydrogen-bond donors (Lipinski definition) is 1. The van der Waals surface area contributed by atoms with Gasteiger partial charge in [0.2, 0.25) is 5.91 Å². The second kappa shape index (κ2) is 7.38. The maximum absolute atomic E-state index is 11.4. The summed E-state index contributed by atoms with van der Waals surface area (Å²) in [6.45, 7) is 7.18.